The number of hydrogen-bond acceptors (Lipinski definition) is 4. The number of ether oxygens (including phenoxy) is 1. The molecule has 3 aromatic rings. The zero-order valence-electron chi connectivity index (χ0n) is 13.0. The Labute approximate surface area is 140 Å². The lowest BCUT2D eigenvalue weighted by atomic mass is 10.1. The van der Waals surface area contributed by atoms with E-state index in [2.05, 4.69) is 15.0 Å². The molecule has 0 aliphatic heterocycles. The molecule has 1 heterocycles. The SMILES string of the molecule is COC(=O)c1ccc(-n2cc(-c3cccc(C(F)(F)F)c3)nn2)cc1. The summed E-state index contributed by atoms with van der Waals surface area (Å²) in [5.74, 6) is -0.463. The molecule has 0 aliphatic rings. The molecule has 1 aromatic heterocycles. The molecule has 25 heavy (non-hydrogen) atoms. The van der Waals surface area contributed by atoms with Gasteiger partial charge in [0.25, 0.3) is 0 Å². The fraction of sp³-hybridized carbons (Fsp3) is 0.118. The molecule has 0 unspecified atom stereocenters. The van der Waals surface area contributed by atoms with E-state index in [0.717, 1.165) is 12.1 Å². The number of aromatic nitrogens is 3. The van der Waals surface area contributed by atoms with Crippen molar-refractivity contribution in [3.05, 3.63) is 65.9 Å². The molecule has 2 aromatic carbocycles. The van der Waals surface area contributed by atoms with Gasteiger partial charge in [-0.25, -0.2) is 9.48 Å². The number of carbonyl (C=O) groups is 1. The smallest absolute Gasteiger partial charge is 0.416 e. The van der Waals surface area contributed by atoms with E-state index >= 15 is 0 Å². The monoisotopic (exact) mass is 347 g/mol. The largest absolute Gasteiger partial charge is 0.465 e. The number of alkyl halides is 3. The first kappa shape index (κ1) is 16.7. The second-order valence-corrected chi connectivity index (χ2v) is 5.17. The first-order chi connectivity index (χ1) is 11.9. The van der Waals surface area contributed by atoms with E-state index in [1.54, 1.807) is 24.3 Å². The highest BCUT2D eigenvalue weighted by Crippen LogP contribution is 2.31. The molecule has 0 radical (unpaired) electrons. The van der Waals surface area contributed by atoms with Crippen molar-refractivity contribution in [3.63, 3.8) is 0 Å². The van der Waals surface area contributed by atoms with Crippen LogP contribution >= 0.6 is 0 Å². The average Bonchev–Trinajstić information content (AvgIpc) is 3.11. The first-order valence-electron chi connectivity index (χ1n) is 7.17. The maximum absolute atomic E-state index is 12.8. The predicted molar refractivity (Wildman–Crippen MR) is 83.1 cm³/mol. The van der Waals surface area contributed by atoms with Crippen molar-refractivity contribution in [3.8, 4) is 16.9 Å². The van der Waals surface area contributed by atoms with Gasteiger partial charge < -0.3 is 4.74 Å². The minimum absolute atomic E-state index is 0.308. The summed E-state index contributed by atoms with van der Waals surface area (Å²) in [6.07, 6.45) is -2.90. The standard InChI is InChI=1S/C17H12F3N3O2/c1-25-16(24)11-5-7-14(8-6-11)23-10-15(21-22-23)12-3-2-4-13(9-12)17(18,19)20/h2-10H,1H3. The summed E-state index contributed by atoms with van der Waals surface area (Å²) in [6.45, 7) is 0. The van der Waals surface area contributed by atoms with Crippen molar-refractivity contribution in [2.24, 2.45) is 0 Å². The lowest BCUT2D eigenvalue weighted by molar-refractivity contribution is -0.137. The number of esters is 1. The van der Waals surface area contributed by atoms with Gasteiger partial charge in [0.2, 0.25) is 0 Å². The van der Waals surface area contributed by atoms with Crippen molar-refractivity contribution < 1.29 is 22.7 Å². The Morgan fingerprint density at radius 3 is 2.48 bits per heavy atom. The molecule has 8 heteroatoms. The van der Waals surface area contributed by atoms with E-state index < -0.39 is 17.7 Å². The van der Waals surface area contributed by atoms with Crippen molar-refractivity contribution in [1.82, 2.24) is 15.0 Å². The van der Waals surface area contributed by atoms with E-state index in [1.807, 2.05) is 0 Å². The van der Waals surface area contributed by atoms with Gasteiger partial charge in [0.1, 0.15) is 5.69 Å². The van der Waals surface area contributed by atoms with Crippen LogP contribution in [0.4, 0.5) is 13.2 Å². The van der Waals surface area contributed by atoms with Gasteiger partial charge >= 0.3 is 12.1 Å². The second kappa shape index (κ2) is 6.39. The summed E-state index contributed by atoms with van der Waals surface area (Å²) in [6, 6.07) is 11.3. The summed E-state index contributed by atoms with van der Waals surface area (Å²) >= 11 is 0. The molecule has 0 saturated carbocycles. The fourth-order valence-corrected chi connectivity index (χ4v) is 2.25. The first-order valence-corrected chi connectivity index (χ1v) is 7.17. The highest BCUT2D eigenvalue weighted by Gasteiger charge is 2.30. The van der Waals surface area contributed by atoms with Crippen LogP contribution in [-0.4, -0.2) is 28.1 Å². The van der Waals surface area contributed by atoms with Crippen LogP contribution < -0.4 is 0 Å². The Hall–Kier alpha value is -3.16. The third-order valence-electron chi connectivity index (χ3n) is 3.53. The molecule has 0 spiro atoms. The number of halogens is 3. The molecular weight excluding hydrogens is 335 g/mol. The Kier molecular flexibility index (Phi) is 4.26. The minimum Gasteiger partial charge on any atom is -0.465 e. The predicted octanol–water partition coefficient (Wildman–Crippen LogP) is 3.74. The third kappa shape index (κ3) is 3.52. The van der Waals surface area contributed by atoms with Crippen LogP contribution in [0.1, 0.15) is 15.9 Å². The number of rotatable bonds is 3. The van der Waals surface area contributed by atoms with Crippen molar-refractivity contribution in [1.29, 1.82) is 0 Å². The minimum atomic E-state index is -4.42. The molecule has 0 amide bonds. The molecule has 128 valence electrons. The molecule has 5 nitrogen and oxygen atoms in total. The van der Waals surface area contributed by atoms with Gasteiger partial charge in [-0.3, -0.25) is 0 Å². The zero-order chi connectivity index (χ0) is 18.0. The normalized spacial score (nSPS) is 11.4. The van der Waals surface area contributed by atoms with Crippen LogP contribution in [0.25, 0.3) is 16.9 Å². The lowest BCUT2D eigenvalue weighted by Crippen LogP contribution is -2.04. The molecule has 0 atom stereocenters. The highest BCUT2D eigenvalue weighted by molar-refractivity contribution is 5.89. The molecule has 0 aliphatic carbocycles. The van der Waals surface area contributed by atoms with Crippen LogP contribution in [0.15, 0.2) is 54.7 Å². The van der Waals surface area contributed by atoms with E-state index in [9.17, 15) is 18.0 Å². The fourth-order valence-electron chi connectivity index (χ4n) is 2.25. The van der Waals surface area contributed by atoms with Crippen LogP contribution in [0.3, 0.4) is 0 Å². The highest BCUT2D eigenvalue weighted by atomic mass is 19.4. The van der Waals surface area contributed by atoms with Crippen LogP contribution in [0.5, 0.6) is 0 Å². The average molecular weight is 347 g/mol. The third-order valence-corrected chi connectivity index (χ3v) is 3.53. The number of methoxy groups -OCH3 is 1. The summed E-state index contributed by atoms with van der Waals surface area (Å²) < 4.78 is 44.5. The van der Waals surface area contributed by atoms with Crippen molar-refractivity contribution >= 4 is 5.97 Å². The number of hydrogen-bond donors (Lipinski definition) is 0. The quantitative estimate of drug-likeness (QED) is 0.677. The van der Waals surface area contributed by atoms with Crippen molar-refractivity contribution in [2.45, 2.75) is 6.18 Å². The van der Waals surface area contributed by atoms with E-state index in [0.29, 0.717) is 22.5 Å². The van der Waals surface area contributed by atoms with Crippen LogP contribution in [0.2, 0.25) is 0 Å². The molecule has 0 N–H and O–H groups in total. The van der Waals surface area contributed by atoms with E-state index in [1.165, 1.54) is 30.1 Å². The summed E-state index contributed by atoms with van der Waals surface area (Å²) in [4.78, 5) is 11.4. The summed E-state index contributed by atoms with van der Waals surface area (Å²) in [5.41, 5.74) is 0.861. The van der Waals surface area contributed by atoms with Gasteiger partial charge in [-0.05, 0) is 36.4 Å². The zero-order valence-corrected chi connectivity index (χ0v) is 13.0. The lowest BCUT2D eigenvalue weighted by Gasteiger charge is -2.07. The number of carbonyl (C=O) groups excluding carboxylic acids is 1. The molecule has 0 bridgehead atoms. The van der Waals surface area contributed by atoms with E-state index in [-0.39, 0.29) is 0 Å². The molecular formula is C17H12F3N3O2. The summed E-state index contributed by atoms with van der Waals surface area (Å²) in [7, 11) is 1.29. The maximum atomic E-state index is 12.8. The Balaban J connectivity index is 1.89. The molecule has 3 rings (SSSR count). The van der Waals surface area contributed by atoms with Crippen molar-refractivity contribution in [2.75, 3.05) is 7.11 Å². The van der Waals surface area contributed by atoms with Gasteiger partial charge in [-0.15, -0.1) is 5.10 Å². The Morgan fingerprint density at radius 2 is 1.84 bits per heavy atom. The van der Waals surface area contributed by atoms with Gasteiger partial charge in [0, 0.05) is 5.56 Å². The second-order valence-electron chi connectivity index (χ2n) is 5.17. The van der Waals surface area contributed by atoms with Gasteiger partial charge in [-0.2, -0.15) is 13.2 Å². The summed E-state index contributed by atoms with van der Waals surface area (Å²) in [5, 5.41) is 7.83. The number of benzene rings is 2. The van der Waals surface area contributed by atoms with Crippen LogP contribution in [-0.2, 0) is 10.9 Å². The Morgan fingerprint density at radius 1 is 1.12 bits per heavy atom. The van der Waals surface area contributed by atoms with E-state index in [4.69, 9.17) is 0 Å². The molecule has 0 fully saturated rings. The van der Waals surface area contributed by atoms with Gasteiger partial charge in [0.15, 0.2) is 0 Å². The maximum Gasteiger partial charge on any atom is 0.416 e. The van der Waals surface area contributed by atoms with Crippen LogP contribution in [0, 0.1) is 0 Å². The Bertz CT molecular complexity index is 902. The number of nitrogens with zero attached hydrogens (tertiary/aromatic N) is 3. The molecule has 0 saturated heterocycles. The van der Waals surface area contributed by atoms with Gasteiger partial charge in [0.05, 0.1) is 30.1 Å². The van der Waals surface area contributed by atoms with Gasteiger partial charge in [-0.1, -0.05) is 17.3 Å². The topological polar surface area (TPSA) is 57.0 Å².